The van der Waals surface area contributed by atoms with Crippen molar-refractivity contribution in [1.29, 1.82) is 0 Å². The smallest absolute Gasteiger partial charge is 0.169 e. The van der Waals surface area contributed by atoms with E-state index >= 15 is 0 Å². The summed E-state index contributed by atoms with van der Waals surface area (Å²) in [4.78, 5) is 20.9. The zero-order chi connectivity index (χ0) is 15.4. The third-order valence-corrected chi connectivity index (χ3v) is 4.76. The van der Waals surface area contributed by atoms with E-state index < -0.39 is 5.54 Å². The van der Waals surface area contributed by atoms with Crippen LogP contribution >= 0.6 is 0 Å². The number of rotatable bonds is 6. The zero-order valence-corrected chi connectivity index (χ0v) is 13.1. The molecule has 1 N–H and O–H groups in total. The van der Waals surface area contributed by atoms with Crippen molar-refractivity contribution in [3.8, 4) is 0 Å². The highest BCUT2D eigenvalue weighted by Crippen LogP contribution is 2.32. The second kappa shape index (κ2) is 6.63. The molecule has 2 unspecified atom stereocenters. The lowest BCUT2D eigenvalue weighted by atomic mass is 9.79. The van der Waals surface area contributed by atoms with E-state index in [4.69, 9.17) is 4.84 Å². The first-order chi connectivity index (χ1) is 10.8. The van der Waals surface area contributed by atoms with E-state index in [1.807, 2.05) is 36.4 Å². The lowest BCUT2D eigenvalue weighted by molar-refractivity contribution is -0.131. The summed E-state index contributed by atoms with van der Waals surface area (Å²) in [5.41, 5.74) is 3.04. The number of hydrogen-bond acceptors (Lipinski definition) is 4. The molecular weight excluding hydrogens is 276 g/mol. The van der Waals surface area contributed by atoms with Crippen LogP contribution < -0.4 is 5.48 Å². The van der Waals surface area contributed by atoms with Crippen molar-refractivity contribution in [2.45, 2.75) is 31.7 Å². The van der Waals surface area contributed by atoms with Crippen LogP contribution in [0.15, 0.2) is 42.7 Å². The molecule has 0 bridgehead atoms. The average Bonchev–Trinajstić information content (AvgIpc) is 3.25. The highest BCUT2D eigenvalue weighted by atomic mass is 16.6. The molecule has 1 fully saturated rings. The molecule has 3 rings (SSSR count). The molecule has 2 aliphatic rings. The summed E-state index contributed by atoms with van der Waals surface area (Å²) in [5, 5.41) is 0. The van der Waals surface area contributed by atoms with Crippen LogP contribution in [0.5, 0.6) is 0 Å². The molecule has 118 valence electrons. The monoisotopic (exact) mass is 300 g/mol. The topological polar surface area (TPSA) is 41.6 Å². The molecular formula is C18H24N2O2. The number of hydroxylamine groups is 1. The SMILES string of the molecule is CCC(CN1CCCC1)C(=O)C1(c2ccccc2)C=CON1. The van der Waals surface area contributed by atoms with Gasteiger partial charge in [0.25, 0.3) is 0 Å². The average molecular weight is 300 g/mol. The molecule has 0 amide bonds. The van der Waals surface area contributed by atoms with Crippen molar-refractivity contribution in [1.82, 2.24) is 10.4 Å². The Bertz CT molecular complexity index is 537. The van der Waals surface area contributed by atoms with Crippen LogP contribution in [0.3, 0.4) is 0 Å². The van der Waals surface area contributed by atoms with Crippen molar-refractivity contribution in [3.05, 3.63) is 48.2 Å². The number of hydrogen-bond donors (Lipinski definition) is 1. The number of benzene rings is 1. The van der Waals surface area contributed by atoms with Crippen molar-refractivity contribution in [2.75, 3.05) is 19.6 Å². The van der Waals surface area contributed by atoms with Crippen molar-refractivity contribution in [3.63, 3.8) is 0 Å². The van der Waals surface area contributed by atoms with Gasteiger partial charge in [-0.25, -0.2) is 0 Å². The number of carbonyl (C=O) groups is 1. The minimum Gasteiger partial charge on any atom is -0.415 e. The van der Waals surface area contributed by atoms with Crippen molar-refractivity contribution >= 4 is 5.78 Å². The summed E-state index contributed by atoms with van der Waals surface area (Å²) >= 11 is 0. The summed E-state index contributed by atoms with van der Waals surface area (Å²) in [5.74, 6) is 0.207. The minimum atomic E-state index is -0.846. The molecule has 0 aliphatic carbocycles. The summed E-state index contributed by atoms with van der Waals surface area (Å²) in [6.07, 6.45) is 6.76. The van der Waals surface area contributed by atoms with Crippen LogP contribution in [0.4, 0.5) is 0 Å². The standard InChI is InChI=1S/C18H24N2O2/c1-2-15(14-20-11-6-7-12-20)17(21)18(10-13-22-19-18)16-8-4-3-5-9-16/h3-5,8-10,13,15,19H,2,6-7,11-12,14H2,1H3. The second-order valence-corrected chi connectivity index (χ2v) is 6.17. The van der Waals surface area contributed by atoms with Gasteiger partial charge in [-0.3, -0.25) is 4.79 Å². The summed E-state index contributed by atoms with van der Waals surface area (Å²) in [6.45, 7) is 5.17. The molecule has 0 radical (unpaired) electrons. The fraction of sp³-hybridized carbons (Fsp3) is 0.500. The molecule has 2 aliphatic heterocycles. The van der Waals surface area contributed by atoms with Gasteiger partial charge in [0.1, 0.15) is 6.26 Å². The molecule has 22 heavy (non-hydrogen) atoms. The van der Waals surface area contributed by atoms with Gasteiger partial charge < -0.3 is 9.74 Å². The van der Waals surface area contributed by atoms with Crippen molar-refractivity contribution in [2.24, 2.45) is 5.92 Å². The summed E-state index contributed by atoms with van der Waals surface area (Å²) < 4.78 is 0. The largest absolute Gasteiger partial charge is 0.415 e. The van der Waals surface area contributed by atoms with E-state index in [-0.39, 0.29) is 11.7 Å². The van der Waals surface area contributed by atoms with E-state index in [2.05, 4.69) is 17.3 Å². The molecule has 4 heteroatoms. The third kappa shape index (κ3) is 2.81. The van der Waals surface area contributed by atoms with Gasteiger partial charge in [0.2, 0.25) is 0 Å². The number of likely N-dealkylation sites (tertiary alicyclic amines) is 1. The van der Waals surface area contributed by atoms with E-state index in [0.717, 1.165) is 31.6 Å². The maximum absolute atomic E-state index is 13.3. The van der Waals surface area contributed by atoms with E-state index in [9.17, 15) is 4.79 Å². The van der Waals surface area contributed by atoms with Crippen LogP contribution in [0, 0.1) is 5.92 Å². The highest BCUT2D eigenvalue weighted by molar-refractivity contribution is 5.94. The first kappa shape index (κ1) is 15.3. The van der Waals surface area contributed by atoms with Crippen LogP contribution in [0.2, 0.25) is 0 Å². The van der Waals surface area contributed by atoms with Gasteiger partial charge in [-0.1, -0.05) is 37.3 Å². The normalized spacial score (nSPS) is 26.0. The Morgan fingerprint density at radius 2 is 2.05 bits per heavy atom. The molecule has 1 saturated heterocycles. The molecule has 0 aromatic heterocycles. The van der Waals surface area contributed by atoms with Crippen LogP contribution in [-0.4, -0.2) is 30.3 Å². The molecule has 1 aromatic carbocycles. The van der Waals surface area contributed by atoms with E-state index in [1.54, 1.807) is 6.26 Å². The third-order valence-electron chi connectivity index (χ3n) is 4.76. The van der Waals surface area contributed by atoms with E-state index in [1.165, 1.54) is 12.8 Å². The van der Waals surface area contributed by atoms with Gasteiger partial charge in [0.15, 0.2) is 11.3 Å². The fourth-order valence-electron chi connectivity index (χ4n) is 3.42. The number of nitrogens with one attached hydrogen (secondary N) is 1. The Balaban J connectivity index is 1.84. The Hall–Kier alpha value is -1.65. The summed E-state index contributed by atoms with van der Waals surface area (Å²) in [6, 6.07) is 9.83. The first-order valence-electron chi connectivity index (χ1n) is 8.19. The maximum atomic E-state index is 13.3. The first-order valence-corrected chi connectivity index (χ1v) is 8.19. The number of ketones is 1. The van der Waals surface area contributed by atoms with Gasteiger partial charge >= 0.3 is 0 Å². The zero-order valence-electron chi connectivity index (χ0n) is 13.1. The number of nitrogens with zero attached hydrogens (tertiary/aromatic N) is 1. The predicted molar refractivity (Wildman–Crippen MR) is 85.9 cm³/mol. The second-order valence-electron chi connectivity index (χ2n) is 6.17. The Labute approximate surface area is 132 Å². The minimum absolute atomic E-state index is 0.0113. The Kier molecular flexibility index (Phi) is 4.60. The lowest BCUT2D eigenvalue weighted by Crippen LogP contribution is -2.49. The van der Waals surface area contributed by atoms with Gasteiger partial charge in [-0.15, -0.1) is 5.48 Å². The van der Waals surface area contributed by atoms with Gasteiger partial charge in [0.05, 0.1) is 0 Å². The maximum Gasteiger partial charge on any atom is 0.169 e. The van der Waals surface area contributed by atoms with Gasteiger partial charge in [-0.05, 0) is 44.0 Å². The van der Waals surface area contributed by atoms with Crippen LogP contribution in [-0.2, 0) is 15.2 Å². The lowest BCUT2D eigenvalue weighted by Gasteiger charge is -2.31. The number of carbonyl (C=O) groups excluding carboxylic acids is 1. The molecule has 2 heterocycles. The van der Waals surface area contributed by atoms with Gasteiger partial charge in [0, 0.05) is 12.5 Å². The van der Waals surface area contributed by atoms with Crippen LogP contribution in [0.25, 0.3) is 0 Å². The van der Waals surface area contributed by atoms with Crippen LogP contribution in [0.1, 0.15) is 31.7 Å². The number of Topliss-reactive ketones (excluding diaryl/α,β-unsaturated/α-hetero) is 1. The predicted octanol–water partition coefficient (Wildman–Crippen LogP) is 2.62. The molecule has 4 nitrogen and oxygen atoms in total. The highest BCUT2D eigenvalue weighted by Gasteiger charge is 2.44. The quantitative estimate of drug-likeness (QED) is 0.877. The van der Waals surface area contributed by atoms with Crippen molar-refractivity contribution < 1.29 is 9.63 Å². The summed E-state index contributed by atoms with van der Waals surface area (Å²) in [7, 11) is 0. The Morgan fingerprint density at radius 3 is 2.64 bits per heavy atom. The molecule has 1 aromatic rings. The Morgan fingerprint density at radius 1 is 1.32 bits per heavy atom. The van der Waals surface area contributed by atoms with Gasteiger partial charge in [-0.2, -0.15) is 0 Å². The van der Waals surface area contributed by atoms with E-state index in [0.29, 0.717) is 0 Å². The molecule has 0 saturated carbocycles. The molecule has 2 atom stereocenters. The fourth-order valence-corrected chi connectivity index (χ4v) is 3.42. The molecule has 0 spiro atoms.